The van der Waals surface area contributed by atoms with Crippen LogP contribution in [-0.4, -0.2) is 0 Å². The van der Waals surface area contributed by atoms with Gasteiger partial charge in [0, 0.05) is 11.4 Å². The highest BCUT2D eigenvalue weighted by molar-refractivity contribution is 5.46. The lowest BCUT2D eigenvalue weighted by Crippen LogP contribution is -2.12. The van der Waals surface area contributed by atoms with E-state index in [1.54, 1.807) is 0 Å². The predicted molar refractivity (Wildman–Crippen MR) is 67.7 cm³/mol. The zero-order valence-electron chi connectivity index (χ0n) is 8.93. The van der Waals surface area contributed by atoms with Gasteiger partial charge in [0.05, 0.1) is 6.04 Å². The lowest BCUT2D eigenvalue weighted by molar-refractivity contribution is 0.872. The molecule has 0 aliphatic rings. The quantitative estimate of drug-likeness (QED) is 0.667. The number of hydrogen-bond donors (Lipinski definition) is 3. The minimum Gasteiger partial charge on any atom is -0.399 e. The Morgan fingerprint density at radius 1 is 0.750 bits per heavy atom. The van der Waals surface area contributed by atoms with E-state index in [9.17, 15) is 0 Å². The van der Waals surface area contributed by atoms with Crippen LogP contribution in [0.25, 0.3) is 0 Å². The van der Waals surface area contributed by atoms with Crippen molar-refractivity contribution in [2.45, 2.75) is 6.04 Å². The SMILES string of the molecule is Nc1ccc(C(N)c2cccc(N)c2)cc1. The van der Waals surface area contributed by atoms with Crippen LogP contribution in [0.3, 0.4) is 0 Å². The molecular weight excluding hydrogens is 198 g/mol. The van der Waals surface area contributed by atoms with Crippen LogP contribution in [0.1, 0.15) is 17.2 Å². The van der Waals surface area contributed by atoms with E-state index in [0.29, 0.717) is 0 Å². The van der Waals surface area contributed by atoms with Gasteiger partial charge in [-0.1, -0.05) is 24.3 Å². The van der Waals surface area contributed by atoms with Crippen LogP contribution in [0.15, 0.2) is 48.5 Å². The first-order chi connectivity index (χ1) is 7.66. The standard InChI is InChI=1S/C13H15N3/c14-11-6-4-9(5-7-11)13(16)10-2-1-3-12(15)8-10/h1-8,13H,14-16H2. The fourth-order valence-electron chi connectivity index (χ4n) is 1.65. The van der Waals surface area contributed by atoms with Gasteiger partial charge in [-0.15, -0.1) is 0 Å². The van der Waals surface area contributed by atoms with Gasteiger partial charge in [-0.3, -0.25) is 0 Å². The number of nitrogens with two attached hydrogens (primary N) is 3. The molecule has 0 bridgehead atoms. The van der Waals surface area contributed by atoms with Crippen molar-refractivity contribution in [2.75, 3.05) is 11.5 Å². The average Bonchev–Trinajstić information content (AvgIpc) is 2.29. The number of benzene rings is 2. The van der Waals surface area contributed by atoms with E-state index >= 15 is 0 Å². The van der Waals surface area contributed by atoms with E-state index in [1.165, 1.54) is 0 Å². The van der Waals surface area contributed by atoms with Crippen molar-refractivity contribution in [1.82, 2.24) is 0 Å². The molecule has 16 heavy (non-hydrogen) atoms. The Morgan fingerprint density at radius 3 is 2.06 bits per heavy atom. The fourth-order valence-corrected chi connectivity index (χ4v) is 1.65. The van der Waals surface area contributed by atoms with Crippen LogP contribution in [-0.2, 0) is 0 Å². The molecule has 2 aromatic carbocycles. The molecule has 6 N–H and O–H groups in total. The maximum absolute atomic E-state index is 6.14. The van der Waals surface area contributed by atoms with Gasteiger partial charge >= 0.3 is 0 Å². The second-order valence-corrected chi connectivity index (χ2v) is 3.81. The van der Waals surface area contributed by atoms with E-state index in [4.69, 9.17) is 17.2 Å². The third kappa shape index (κ3) is 2.15. The molecule has 0 radical (unpaired) electrons. The molecule has 0 aliphatic heterocycles. The summed E-state index contributed by atoms with van der Waals surface area (Å²) in [4.78, 5) is 0. The maximum atomic E-state index is 6.14. The summed E-state index contributed by atoms with van der Waals surface area (Å²) in [5, 5.41) is 0. The van der Waals surface area contributed by atoms with E-state index in [1.807, 2.05) is 48.5 Å². The number of hydrogen-bond acceptors (Lipinski definition) is 3. The summed E-state index contributed by atoms with van der Waals surface area (Å²) in [6, 6.07) is 15.0. The summed E-state index contributed by atoms with van der Waals surface area (Å²) < 4.78 is 0. The van der Waals surface area contributed by atoms with E-state index in [0.717, 1.165) is 22.5 Å². The molecule has 3 heteroatoms. The first kappa shape index (κ1) is 10.5. The van der Waals surface area contributed by atoms with Crippen LogP contribution < -0.4 is 17.2 Å². The molecule has 0 aromatic heterocycles. The van der Waals surface area contributed by atoms with E-state index in [2.05, 4.69) is 0 Å². The normalized spacial score (nSPS) is 12.3. The Kier molecular flexibility index (Phi) is 2.79. The molecule has 2 aromatic rings. The molecule has 0 fully saturated rings. The molecule has 0 saturated heterocycles. The van der Waals surface area contributed by atoms with Crippen molar-refractivity contribution in [1.29, 1.82) is 0 Å². The zero-order chi connectivity index (χ0) is 11.5. The molecule has 0 spiro atoms. The van der Waals surface area contributed by atoms with E-state index < -0.39 is 0 Å². The Hall–Kier alpha value is -2.00. The number of rotatable bonds is 2. The van der Waals surface area contributed by atoms with Crippen molar-refractivity contribution in [3.05, 3.63) is 59.7 Å². The van der Waals surface area contributed by atoms with Gasteiger partial charge in [-0.25, -0.2) is 0 Å². The third-order valence-corrected chi connectivity index (χ3v) is 2.57. The van der Waals surface area contributed by atoms with Gasteiger partial charge in [-0.2, -0.15) is 0 Å². The first-order valence-corrected chi connectivity index (χ1v) is 5.13. The topological polar surface area (TPSA) is 78.1 Å². The van der Waals surface area contributed by atoms with Crippen molar-refractivity contribution < 1.29 is 0 Å². The fraction of sp³-hybridized carbons (Fsp3) is 0.0769. The monoisotopic (exact) mass is 213 g/mol. The average molecular weight is 213 g/mol. The zero-order valence-corrected chi connectivity index (χ0v) is 8.93. The second kappa shape index (κ2) is 4.24. The van der Waals surface area contributed by atoms with Crippen molar-refractivity contribution in [3.8, 4) is 0 Å². The summed E-state index contributed by atoms with van der Waals surface area (Å²) in [7, 11) is 0. The van der Waals surface area contributed by atoms with Gasteiger partial charge in [0.1, 0.15) is 0 Å². The maximum Gasteiger partial charge on any atom is 0.0552 e. The second-order valence-electron chi connectivity index (χ2n) is 3.81. The lowest BCUT2D eigenvalue weighted by Gasteiger charge is -2.13. The van der Waals surface area contributed by atoms with Gasteiger partial charge in [0.25, 0.3) is 0 Å². The molecule has 2 rings (SSSR count). The van der Waals surface area contributed by atoms with Crippen LogP contribution in [0, 0.1) is 0 Å². The van der Waals surface area contributed by atoms with Crippen LogP contribution >= 0.6 is 0 Å². The van der Waals surface area contributed by atoms with Crippen molar-refractivity contribution >= 4 is 11.4 Å². The first-order valence-electron chi connectivity index (χ1n) is 5.13. The predicted octanol–water partition coefficient (Wildman–Crippen LogP) is 1.90. The molecule has 1 unspecified atom stereocenters. The smallest absolute Gasteiger partial charge is 0.0552 e. The molecule has 0 amide bonds. The van der Waals surface area contributed by atoms with Gasteiger partial charge < -0.3 is 17.2 Å². The summed E-state index contributed by atoms with van der Waals surface area (Å²) in [6.07, 6.45) is 0. The highest BCUT2D eigenvalue weighted by Gasteiger charge is 2.08. The van der Waals surface area contributed by atoms with Crippen LogP contribution in [0.4, 0.5) is 11.4 Å². The molecule has 0 aliphatic carbocycles. The molecule has 1 atom stereocenters. The summed E-state index contributed by atoms with van der Waals surface area (Å²) in [5.41, 5.74) is 21.0. The Morgan fingerprint density at radius 2 is 1.44 bits per heavy atom. The van der Waals surface area contributed by atoms with E-state index in [-0.39, 0.29) is 6.04 Å². The number of nitrogen functional groups attached to an aromatic ring is 2. The van der Waals surface area contributed by atoms with Gasteiger partial charge in [0.15, 0.2) is 0 Å². The Bertz CT molecular complexity index is 477. The summed E-state index contributed by atoms with van der Waals surface area (Å²) in [5.74, 6) is 0. The highest BCUT2D eigenvalue weighted by Crippen LogP contribution is 2.21. The number of anilines is 2. The molecule has 3 nitrogen and oxygen atoms in total. The van der Waals surface area contributed by atoms with Crippen molar-refractivity contribution in [2.24, 2.45) is 5.73 Å². The van der Waals surface area contributed by atoms with Crippen molar-refractivity contribution in [3.63, 3.8) is 0 Å². The highest BCUT2D eigenvalue weighted by atomic mass is 14.6. The summed E-state index contributed by atoms with van der Waals surface area (Å²) >= 11 is 0. The van der Waals surface area contributed by atoms with Crippen LogP contribution in [0.5, 0.6) is 0 Å². The third-order valence-electron chi connectivity index (χ3n) is 2.57. The largest absolute Gasteiger partial charge is 0.399 e. The Balaban J connectivity index is 2.31. The summed E-state index contributed by atoms with van der Waals surface area (Å²) in [6.45, 7) is 0. The Labute approximate surface area is 94.9 Å². The molecule has 0 heterocycles. The lowest BCUT2D eigenvalue weighted by atomic mass is 9.99. The minimum absolute atomic E-state index is 0.163. The van der Waals surface area contributed by atoms with Gasteiger partial charge in [-0.05, 0) is 35.4 Å². The molecule has 82 valence electrons. The van der Waals surface area contributed by atoms with Crippen LogP contribution in [0.2, 0.25) is 0 Å². The molecule has 0 saturated carbocycles. The van der Waals surface area contributed by atoms with Gasteiger partial charge in [0.2, 0.25) is 0 Å². The minimum atomic E-state index is -0.163. The molecular formula is C13H15N3.